The van der Waals surface area contributed by atoms with Crippen LogP contribution >= 0.6 is 0 Å². The molecule has 0 fully saturated rings. The number of phenolic OH excluding ortho intramolecular Hbond substituents is 1. The molecule has 1 rings (SSSR count). The SMILES string of the molecule is CCCCOC(=O)/C=C\c1ccccc1O. The first-order valence-electron chi connectivity index (χ1n) is 5.37. The zero-order chi connectivity index (χ0) is 11.8. The first-order valence-corrected chi connectivity index (χ1v) is 5.37. The number of carbonyl (C=O) groups excluding carboxylic acids is 1. The number of aromatic hydroxyl groups is 1. The van der Waals surface area contributed by atoms with E-state index in [0.29, 0.717) is 12.2 Å². The molecule has 0 unspecified atom stereocenters. The molecule has 3 heteroatoms. The van der Waals surface area contributed by atoms with Crippen LogP contribution in [0.5, 0.6) is 5.75 Å². The lowest BCUT2D eigenvalue weighted by molar-refractivity contribution is -0.137. The molecule has 16 heavy (non-hydrogen) atoms. The van der Waals surface area contributed by atoms with Crippen molar-refractivity contribution in [2.75, 3.05) is 6.61 Å². The average Bonchev–Trinajstić information content (AvgIpc) is 2.28. The van der Waals surface area contributed by atoms with Gasteiger partial charge in [0.1, 0.15) is 5.75 Å². The van der Waals surface area contributed by atoms with Crippen LogP contribution in [0.1, 0.15) is 25.3 Å². The highest BCUT2D eigenvalue weighted by atomic mass is 16.5. The zero-order valence-corrected chi connectivity index (χ0v) is 9.35. The number of para-hydroxylation sites is 1. The second kappa shape index (κ2) is 6.67. The maximum atomic E-state index is 11.2. The lowest BCUT2D eigenvalue weighted by atomic mass is 10.2. The van der Waals surface area contributed by atoms with Gasteiger partial charge in [-0.15, -0.1) is 0 Å². The molecule has 0 aliphatic carbocycles. The fourth-order valence-corrected chi connectivity index (χ4v) is 1.15. The van der Waals surface area contributed by atoms with Crippen molar-refractivity contribution in [2.24, 2.45) is 0 Å². The van der Waals surface area contributed by atoms with Crippen LogP contribution in [0.2, 0.25) is 0 Å². The van der Waals surface area contributed by atoms with E-state index in [4.69, 9.17) is 4.74 Å². The van der Waals surface area contributed by atoms with Gasteiger partial charge < -0.3 is 9.84 Å². The minimum Gasteiger partial charge on any atom is -0.507 e. The van der Waals surface area contributed by atoms with Crippen molar-refractivity contribution in [3.8, 4) is 5.75 Å². The quantitative estimate of drug-likeness (QED) is 0.471. The summed E-state index contributed by atoms with van der Waals surface area (Å²) in [6, 6.07) is 6.82. The first-order chi connectivity index (χ1) is 7.74. The molecule has 3 nitrogen and oxygen atoms in total. The Kier molecular flexibility index (Phi) is 5.12. The Labute approximate surface area is 95.4 Å². The van der Waals surface area contributed by atoms with Gasteiger partial charge >= 0.3 is 5.97 Å². The van der Waals surface area contributed by atoms with Crippen LogP contribution in [0, 0.1) is 0 Å². The monoisotopic (exact) mass is 220 g/mol. The van der Waals surface area contributed by atoms with Crippen LogP contribution in [0.15, 0.2) is 30.3 Å². The predicted octanol–water partition coefficient (Wildman–Crippen LogP) is 2.75. The van der Waals surface area contributed by atoms with Gasteiger partial charge in [0.05, 0.1) is 6.61 Å². The topological polar surface area (TPSA) is 46.5 Å². The van der Waals surface area contributed by atoms with E-state index >= 15 is 0 Å². The minimum atomic E-state index is -0.378. The molecule has 1 aromatic rings. The van der Waals surface area contributed by atoms with Gasteiger partial charge in [-0.05, 0) is 18.6 Å². The number of hydrogen-bond acceptors (Lipinski definition) is 3. The average molecular weight is 220 g/mol. The van der Waals surface area contributed by atoms with Crippen molar-refractivity contribution >= 4 is 12.0 Å². The summed E-state index contributed by atoms with van der Waals surface area (Å²) in [7, 11) is 0. The molecule has 0 aliphatic heterocycles. The second-order valence-corrected chi connectivity index (χ2v) is 3.41. The third-order valence-corrected chi connectivity index (χ3v) is 2.08. The Morgan fingerprint density at radius 3 is 2.88 bits per heavy atom. The van der Waals surface area contributed by atoms with Crippen molar-refractivity contribution in [1.82, 2.24) is 0 Å². The molecule has 0 atom stereocenters. The maximum Gasteiger partial charge on any atom is 0.330 e. The number of carbonyl (C=O) groups is 1. The number of esters is 1. The molecule has 1 aromatic carbocycles. The molecular weight excluding hydrogens is 204 g/mol. The number of rotatable bonds is 5. The lowest BCUT2D eigenvalue weighted by Crippen LogP contribution is -2.01. The van der Waals surface area contributed by atoms with E-state index in [-0.39, 0.29) is 11.7 Å². The molecule has 0 spiro atoms. The third kappa shape index (κ3) is 4.17. The van der Waals surface area contributed by atoms with Gasteiger partial charge in [0.2, 0.25) is 0 Å². The summed E-state index contributed by atoms with van der Waals surface area (Å²) < 4.78 is 4.94. The van der Waals surface area contributed by atoms with Gasteiger partial charge in [0.25, 0.3) is 0 Å². The summed E-state index contributed by atoms with van der Waals surface area (Å²) in [6.45, 7) is 2.48. The number of ether oxygens (including phenoxy) is 1. The summed E-state index contributed by atoms with van der Waals surface area (Å²) in [4.78, 5) is 11.2. The largest absolute Gasteiger partial charge is 0.507 e. The van der Waals surface area contributed by atoms with E-state index in [1.807, 2.05) is 6.92 Å². The molecule has 0 amide bonds. The van der Waals surface area contributed by atoms with Gasteiger partial charge in [-0.2, -0.15) is 0 Å². The standard InChI is InChI=1S/C13H16O3/c1-2-3-10-16-13(15)9-8-11-6-4-5-7-12(11)14/h4-9,14H,2-3,10H2,1H3/b9-8-. The van der Waals surface area contributed by atoms with Crippen molar-refractivity contribution in [3.63, 3.8) is 0 Å². The molecule has 0 bridgehead atoms. The predicted molar refractivity (Wildman–Crippen MR) is 63.0 cm³/mol. The van der Waals surface area contributed by atoms with Gasteiger partial charge in [-0.1, -0.05) is 31.5 Å². The minimum absolute atomic E-state index is 0.153. The van der Waals surface area contributed by atoms with E-state index < -0.39 is 0 Å². The molecule has 86 valence electrons. The highest BCUT2D eigenvalue weighted by Gasteiger charge is 1.98. The molecular formula is C13H16O3. The summed E-state index contributed by atoms with van der Waals surface area (Å²) in [5, 5.41) is 9.43. The van der Waals surface area contributed by atoms with E-state index in [1.165, 1.54) is 6.08 Å². The molecule has 0 aromatic heterocycles. The fraction of sp³-hybridized carbons (Fsp3) is 0.308. The van der Waals surface area contributed by atoms with Crippen molar-refractivity contribution in [2.45, 2.75) is 19.8 Å². The van der Waals surface area contributed by atoms with Gasteiger partial charge in [0, 0.05) is 11.6 Å². The molecule has 0 heterocycles. The molecule has 1 N–H and O–H groups in total. The van der Waals surface area contributed by atoms with Crippen LogP contribution in [0.4, 0.5) is 0 Å². The van der Waals surface area contributed by atoms with Crippen molar-refractivity contribution in [3.05, 3.63) is 35.9 Å². The maximum absolute atomic E-state index is 11.2. The summed E-state index contributed by atoms with van der Waals surface area (Å²) in [5.41, 5.74) is 0.606. The van der Waals surface area contributed by atoms with E-state index in [0.717, 1.165) is 12.8 Å². The van der Waals surface area contributed by atoms with Gasteiger partial charge in [0.15, 0.2) is 0 Å². The molecule has 0 saturated carbocycles. The van der Waals surface area contributed by atoms with E-state index in [2.05, 4.69) is 0 Å². The van der Waals surface area contributed by atoms with Crippen molar-refractivity contribution in [1.29, 1.82) is 0 Å². The lowest BCUT2D eigenvalue weighted by Gasteiger charge is -2.00. The Bertz CT molecular complexity index is 369. The first kappa shape index (κ1) is 12.3. The summed E-state index contributed by atoms with van der Waals surface area (Å²) >= 11 is 0. The van der Waals surface area contributed by atoms with E-state index in [9.17, 15) is 9.90 Å². The van der Waals surface area contributed by atoms with Crippen molar-refractivity contribution < 1.29 is 14.6 Å². The molecule has 0 saturated heterocycles. The smallest absolute Gasteiger partial charge is 0.330 e. The normalized spacial score (nSPS) is 10.6. The Morgan fingerprint density at radius 1 is 1.44 bits per heavy atom. The second-order valence-electron chi connectivity index (χ2n) is 3.41. The fourth-order valence-electron chi connectivity index (χ4n) is 1.15. The number of benzene rings is 1. The van der Waals surface area contributed by atoms with Crippen LogP contribution in [0.3, 0.4) is 0 Å². The third-order valence-electron chi connectivity index (χ3n) is 2.08. The summed E-state index contributed by atoms with van der Waals surface area (Å²) in [5.74, 6) is -0.225. The number of unbranched alkanes of at least 4 members (excludes halogenated alkanes) is 1. The highest BCUT2D eigenvalue weighted by molar-refractivity contribution is 5.87. The number of phenols is 1. The van der Waals surface area contributed by atoms with Crippen LogP contribution < -0.4 is 0 Å². The summed E-state index contributed by atoms with van der Waals surface area (Å²) in [6.07, 6.45) is 4.74. The Balaban J connectivity index is 2.47. The van der Waals surface area contributed by atoms with Crippen LogP contribution in [0.25, 0.3) is 6.08 Å². The Hall–Kier alpha value is -1.77. The zero-order valence-electron chi connectivity index (χ0n) is 9.35. The highest BCUT2D eigenvalue weighted by Crippen LogP contribution is 2.16. The van der Waals surface area contributed by atoms with Crippen LogP contribution in [-0.2, 0) is 9.53 Å². The molecule has 0 aliphatic rings. The number of hydrogen-bond donors (Lipinski definition) is 1. The molecule has 0 radical (unpaired) electrons. The van der Waals surface area contributed by atoms with Gasteiger partial charge in [-0.3, -0.25) is 0 Å². The van der Waals surface area contributed by atoms with Gasteiger partial charge in [-0.25, -0.2) is 4.79 Å². The van der Waals surface area contributed by atoms with Crippen LogP contribution in [-0.4, -0.2) is 17.7 Å². The van der Waals surface area contributed by atoms with E-state index in [1.54, 1.807) is 30.3 Å². The Morgan fingerprint density at radius 2 is 2.19 bits per heavy atom.